The van der Waals surface area contributed by atoms with Gasteiger partial charge in [-0.3, -0.25) is 10.3 Å². The molecule has 3 heterocycles. The number of nitrogens with zero attached hydrogens (tertiary/aromatic N) is 5. The lowest BCUT2D eigenvalue weighted by Gasteiger charge is -2.12. The second-order valence-electron chi connectivity index (χ2n) is 5.77. The third kappa shape index (κ3) is 3.00. The SMILES string of the molecule is O=C(Nc1ccc2ncc(-c3nn[nH]n3)cc2n1)NC1CCCC1. The summed E-state index contributed by atoms with van der Waals surface area (Å²) in [6, 6.07) is 5.39. The number of hydrogen-bond acceptors (Lipinski definition) is 6. The van der Waals surface area contributed by atoms with Gasteiger partial charge in [0.1, 0.15) is 5.82 Å². The van der Waals surface area contributed by atoms with Gasteiger partial charge in [0, 0.05) is 17.8 Å². The first-order valence-electron chi connectivity index (χ1n) is 7.86. The number of pyridine rings is 2. The molecule has 122 valence electrons. The summed E-state index contributed by atoms with van der Waals surface area (Å²) in [5, 5.41) is 19.5. The molecular formula is C15H16N8O. The van der Waals surface area contributed by atoms with Gasteiger partial charge in [0.05, 0.1) is 11.0 Å². The van der Waals surface area contributed by atoms with Crippen LogP contribution >= 0.6 is 0 Å². The van der Waals surface area contributed by atoms with Crippen molar-refractivity contribution in [3.05, 3.63) is 24.4 Å². The van der Waals surface area contributed by atoms with Crippen molar-refractivity contribution in [1.82, 2.24) is 35.9 Å². The van der Waals surface area contributed by atoms with E-state index in [1.807, 2.05) is 12.1 Å². The Hall–Kier alpha value is -3.10. The van der Waals surface area contributed by atoms with Gasteiger partial charge in [-0.1, -0.05) is 12.8 Å². The number of aromatic nitrogens is 6. The molecular weight excluding hydrogens is 308 g/mol. The maximum atomic E-state index is 12.0. The number of tetrazole rings is 1. The van der Waals surface area contributed by atoms with Crippen LogP contribution in [0.1, 0.15) is 25.7 Å². The number of nitrogens with one attached hydrogen (secondary N) is 3. The Bertz CT molecular complexity index is 857. The lowest BCUT2D eigenvalue weighted by Crippen LogP contribution is -2.36. The molecule has 0 spiro atoms. The topological polar surface area (TPSA) is 121 Å². The van der Waals surface area contributed by atoms with Crippen molar-refractivity contribution in [1.29, 1.82) is 0 Å². The van der Waals surface area contributed by atoms with Gasteiger partial charge < -0.3 is 5.32 Å². The van der Waals surface area contributed by atoms with E-state index in [2.05, 4.69) is 41.2 Å². The highest BCUT2D eigenvalue weighted by Gasteiger charge is 2.17. The summed E-state index contributed by atoms with van der Waals surface area (Å²) in [7, 11) is 0. The molecule has 24 heavy (non-hydrogen) atoms. The first kappa shape index (κ1) is 14.5. The van der Waals surface area contributed by atoms with Crippen molar-refractivity contribution < 1.29 is 4.79 Å². The Kier molecular flexibility index (Phi) is 3.73. The third-order valence-corrected chi connectivity index (χ3v) is 4.07. The van der Waals surface area contributed by atoms with Gasteiger partial charge in [-0.25, -0.2) is 9.78 Å². The Morgan fingerprint density at radius 1 is 1.21 bits per heavy atom. The van der Waals surface area contributed by atoms with Crippen LogP contribution in [-0.4, -0.2) is 42.7 Å². The average Bonchev–Trinajstić information content (AvgIpc) is 3.27. The second kappa shape index (κ2) is 6.19. The molecule has 0 atom stereocenters. The molecule has 1 aliphatic carbocycles. The normalized spacial score (nSPS) is 14.8. The molecule has 1 fully saturated rings. The van der Waals surface area contributed by atoms with E-state index in [1.165, 1.54) is 12.8 Å². The van der Waals surface area contributed by atoms with E-state index in [0.717, 1.165) is 18.4 Å². The first-order valence-corrected chi connectivity index (χ1v) is 7.86. The quantitative estimate of drug-likeness (QED) is 0.676. The van der Waals surface area contributed by atoms with Crippen molar-refractivity contribution in [2.75, 3.05) is 5.32 Å². The average molecular weight is 324 g/mol. The number of carbonyl (C=O) groups is 1. The van der Waals surface area contributed by atoms with Gasteiger partial charge in [-0.15, -0.1) is 10.2 Å². The highest BCUT2D eigenvalue weighted by molar-refractivity contribution is 5.90. The Labute approximate surface area is 137 Å². The van der Waals surface area contributed by atoms with Crippen molar-refractivity contribution in [2.45, 2.75) is 31.7 Å². The lowest BCUT2D eigenvalue weighted by atomic mass is 10.2. The summed E-state index contributed by atoms with van der Waals surface area (Å²) < 4.78 is 0. The number of aromatic amines is 1. The van der Waals surface area contributed by atoms with Crippen LogP contribution < -0.4 is 10.6 Å². The molecule has 4 rings (SSSR count). The van der Waals surface area contributed by atoms with Crippen molar-refractivity contribution in [3.8, 4) is 11.4 Å². The number of urea groups is 1. The maximum absolute atomic E-state index is 12.0. The predicted molar refractivity (Wildman–Crippen MR) is 87.1 cm³/mol. The largest absolute Gasteiger partial charge is 0.335 e. The van der Waals surface area contributed by atoms with E-state index in [-0.39, 0.29) is 12.1 Å². The van der Waals surface area contributed by atoms with Crippen LogP contribution in [0.4, 0.5) is 10.6 Å². The molecule has 0 radical (unpaired) electrons. The molecule has 9 heteroatoms. The number of H-pyrrole nitrogens is 1. The van der Waals surface area contributed by atoms with Crippen LogP contribution in [0.5, 0.6) is 0 Å². The Morgan fingerprint density at radius 2 is 2.08 bits per heavy atom. The van der Waals surface area contributed by atoms with Gasteiger partial charge in [-0.2, -0.15) is 5.21 Å². The fourth-order valence-corrected chi connectivity index (χ4v) is 2.89. The van der Waals surface area contributed by atoms with Crippen LogP contribution in [0.3, 0.4) is 0 Å². The minimum atomic E-state index is -0.226. The molecule has 0 unspecified atom stereocenters. The van der Waals surface area contributed by atoms with Gasteiger partial charge in [-0.05, 0) is 36.3 Å². The van der Waals surface area contributed by atoms with Gasteiger partial charge >= 0.3 is 6.03 Å². The first-order chi connectivity index (χ1) is 11.8. The number of hydrogen-bond donors (Lipinski definition) is 3. The standard InChI is InChI=1S/C15H16N8O/c24-15(17-10-3-1-2-4-10)19-13-6-5-11-12(18-13)7-9(8-16-11)14-20-22-23-21-14/h5-8,10H,1-4H2,(H2,17,18,19,24)(H,20,21,22,23). The summed E-state index contributed by atoms with van der Waals surface area (Å²) in [4.78, 5) is 20.8. The minimum absolute atomic E-state index is 0.226. The van der Waals surface area contributed by atoms with Gasteiger partial charge in [0.25, 0.3) is 0 Å². The molecule has 1 aliphatic rings. The van der Waals surface area contributed by atoms with Crippen LogP contribution in [0, 0.1) is 0 Å². The number of rotatable bonds is 3. The lowest BCUT2D eigenvalue weighted by molar-refractivity contribution is 0.248. The second-order valence-corrected chi connectivity index (χ2v) is 5.77. The van der Waals surface area contributed by atoms with Crippen LogP contribution in [-0.2, 0) is 0 Å². The van der Waals surface area contributed by atoms with Crippen molar-refractivity contribution >= 4 is 22.9 Å². The summed E-state index contributed by atoms with van der Waals surface area (Å²) in [6.45, 7) is 0. The van der Waals surface area contributed by atoms with E-state index in [9.17, 15) is 4.79 Å². The smallest absolute Gasteiger partial charge is 0.320 e. The van der Waals surface area contributed by atoms with Crippen molar-refractivity contribution in [2.24, 2.45) is 0 Å². The van der Waals surface area contributed by atoms with E-state index in [4.69, 9.17) is 0 Å². The number of amides is 2. The molecule has 1 saturated carbocycles. The number of anilines is 1. The molecule has 0 bridgehead atoms. The molecule has 3 N–H and O–H groups in total. The molecule has 0 aromatic carbocycles. The van der Waals surface area contributed by atoms with E-state index >= 15 is 0 Å². The van der Waals surface area contributed by atoms with Gasteiger partial charge in [0.2, 0.25) is 5.82 Å². The number of fused-ring (bicyclic) bond motifs is 1. The third-order valence-electron chi connectivity index (χ3n) is 4.07. The van der Waals surface area contributed by atoms with E-state index in [0.29, 0.717) is 22.7 Å². The summed E-state index contributed by atoms with van der Waals surface area (Å²) in [6.07, 6.45) is 6.08. The molecule has 3 aromatic heterocycles. The summed E-state index contributed by atoms with van der Waals surface area (Å²) in [5.41, 5.74) is 2.08. The summed E-state index contributed by atoms with van der Waals surface area (Å²) in [5.74, 6) is 0.925. The van der Waals surface area contributed by atoms with Crippen LogP contribution in [0.25, 0.3) is 22.4 Å². The van der Waals surface area contributed by atoms with Crippen LogP contribution in [0.2, 0.25) is 0 Å². The monoisotopic (exact) mass is 324 g/mol. The highest BCUT2D eigenvalue weighted by Crippen LogP contribution is 2.20. The molecule has 9 nitrogen and oxygen atoms in total. The van der Waals surface area contributed by atoms with Crippen molar-refractivity contribution in [3.63, 3.8) is 0 Å². The summed E-state index contributed by atoms with van der Waals surface area (Å²) >= 11 is 0. The molecule has 3 aromatic rings. The minimum Gasteiger partial charge on any atom is -0.335 e. The zero-order valence-electron chi connectivity index (χ0n) is 12.9. The fourth-order valence-electron chi connectivity index (χ4n) is 2.89. The van der Waals surface area contributed by atoms with E-state index < -0.39 is 0 Å². The molecule has 2 amide bonds. The fraction of sp³-hybridized carbons (Fsp3) is 0.333. The Morgan fingerprint density at radius 3 is 2.88 bits per heavy atom. The predicted octanol–water partition coefficient (Wildman–Crippen LogP) is 1.87. The maximum Gasteiger partial charge on any atom is 0.320 e. The Balaban J connectivity index is 1.54. The highest BCUT2D eigenvalue weighted by atomic mass is 16.2. The van der Waals surface area contributed by atoms with Gasteiger partial charge in [0.15, 0.2) is 0 Å². The molecule has 0 saturated heterocycles. The van der Waals surface area contributed by atoms with Crippen LogP contribution in [0.15, 0.2) is 24.4 Å². The zero-order chi connectivity index (χ0) is 16.4. The van der Waals surface area contributed by atoms with E-state index in [1.54, 1.807) is 12.3 Å². The zero-order valence-corrected chi connectivity index (χ0v) is 12.9. The number of carbonyl (C=O) groups excluding carboxylic acids is 1. The molecule has 0 aliphatic heterocycles.